The number of benzene rings is 1. The van der Waals surface area contributed by atoms with Gasteiger partial charge in [-0.3, -0.25) is 0 Å². The van der Waals surface area contributed by atoms with Crippen molar-refractivity contribution in [3.8, 4) is 0 Å². The fraction of sp³-hybridized carbons (Fsp3) is 0.231. The Balaban J connectivity index is 2.37. The zero-order valence-electron chi connectivity index (χ0n) is 9.93. The molecule has 0 saturated carbocycles. The highest BCUT2D eigenvalue weighted by Crippen LogP contribution is 2.19. The molecule has 5 heteroatoms. The molecule has 0 atom stereocenters. The normalized spacial score (nSPS) is 10.6. The van der Waals surface area contributed by atoms with E-state index in [-0.39, 0.29) is 0 Å². The summed E-state index contributed by atoms with van der Waals surface area (Å²) >= 11 is 3.29. The number of imidazole rings is 1. The van der Waals surface area contributed by atoms with Crippen molar-refractivity contribution in [2.45, 2.75) is 19.9 Å². The second-order valence-corrected chi connectivity index (χ2v) is 4.83. The number of nitrogens with zero attached hydrogens (tertiary/aromatic N) is 2. The fourth-order valence-corrected chi connectivity index (χ4v) is 2.23. The molecule has 1 N–H and O–H groups in total. The van der Waals surface area contributed by atoms with Crippen LogP contribution in [-0.4, -0.2) is 20.6 Å². The van der Waals surface area contributed by atoms with Crippen LogP contribution < -0.4 is 0 Å². The number of aromatic nitrogens is 2. The van der Waals surface area contributed by atoms with Crippen molar-refractivity contribution in [2.24, 2.45) is 0 Å². The summed E-state index contributed by atoms with van der Waals surface area (Å²) in [6, 6.07) is 5.29. The molecule has 4 nitrogen and oxygen atoms in total. The van der Waals surface area contributed by atoms with Gasteiger partial charge in [0.2, 0.25) is 0 Å². The highest BCUT2D eigenvalue weighted by atomic mass is 79.9. The molecule has 0 aliphatic heterocycles. The van der Waals surface area contributed by atoms with Crippen molar-refractivity contribution >= 4 is 21.9 Å². The van der Waals surface area contributed by atoms with Crippen LogP contribution in [0.2, 0.25) is 0 Å². The van der Waals surface area contributed by atoms with Gasteiger partial charge in [0.25, 0.3) is 0 Å². The third-order valence-corrected chi connectivity index (χ3v) is 3.29. The van der Waals surface area contributed by atoms with Gasteiger partial charge in [-0.25, -0.2) is 9.78 Å². The average Bonchev–Trinajstić information content (AvgIpc) is 2.78. The second kappa shape index (κ2) is 5.35. The minimum atomic E-state index is -0.916. The molecule has 1 heterocycles. The molecule has 2 aromatic rings. The van der Waals surface area contributed by atoms with Crippen LogP contribution in [-0.2, 0) is 13.0 Å². The van der Waals surface area contributed by atoms with Crippen LogP contribution in [0.4, 0.5) is 0 Å². The molecule has 0 fully saturated rings. The minimum absolute atomic E-state index is 0.315. The maximum atomic E-state index is 11.2. The first-order valence-electron chi connectivity index (χ1n) is 5.63. The molecule has 1 aromatic heterocycles. The molecule has 0 aliphatic carbocycles. The van der Waals surface area contributed by atoms with Gasteiger partial charge in [0.15, 0.2) is 0 Å². The van der Waals surface area contributed by atoms with Gasteiger partial charge in [-0.15, -0.1) is 0 Å². The Kier molecular flexibility index (Phi) is 3.81. The van der Waals surface area contributed by atoms with Crippen molar-refractivity contribution in [2.75, 3.05) is 0 Å². The third kappa shape index (κ3) is 2.61. The van der Waals surface area contributed by atoms with Gasteiger partial charge < -0.3 is 9.67 Å². The summed E-state index contributed by atoms with van der Waals surface area (Å²) in [5, 5.41) is 9.20. The monoisotopic (exact) mass is 308 g/mol. The first-order chi connectivity index (χ1) is 8.61. The largest absolute Gasteiger partial charge is 0.478 e. The number of carboxylic acids is 1. The molecule has 0 amide bonds. The van der Waals surface area contributed by atoms with E-state index in [1.807, 2.05) is 29.8 Å². The summed E-state index contributed by atoms with van der Waals surface area (Å²) < 4.78 is 2.77. The van der Waals surface area contributed by atoms with Crippen LogP contribution in [0.5, 0.6) is 0 Å². The molecule has 0 spiro atoms. The molecular weight excluding hydrogens is 296 g/mol. The summed E-state index contributed by atoms with van der Waals surface area (Å²) in [5.74, 6) is -0.0387. The summed E-state index contributed by atoms with van der Waals surface area (Å²) in [7, 11) is 0. The first kappa shape index (κ1) is 12.8. The van der Waals surface area contributed by atoms with Crippen molar-refractivity contribution in [1.29, 1.82) is 0 Å². The van der Waals surface area contributed by atoms with E-state index in [0.717, 1.165) is 22.4 Å². The van der Waals surface area contributed by atoms with Crippen LogP contribution in [0.15, 0.2) is 35.1 Å². The SMILES string of the molecule is CCn1ccnc1Cc1ccc(Br)cc1C(=O)O. The molecule has 18 heavy (non-hydrogen) atoms. The Labute approximate surface area is 113 Å². The Hall–Kier alpha value is -1.62. The number of hydrogen-bond acceptors (Lipinski definition) is 2. The van der Waals surface area contributed by atoms with E-state index in [9.17, 15) is 9.90 Å². The lowest BCUT2D eigenvalue weighted by atomic mass is 10.0. The predicted octanol–water partition coefficient (Wildman–Crippen LogP) is 2.95. The zero-order chi connectivity index (χ0) is 13.1. The number of halogens is 1. The van der Waals surface area contributed by atoms with Crippen LogP contribution >= 0.6 is 15.9 Å². The van der Waals surface area contributed by atoms with E-state index >= 15 is 0 Å². The highest BCUT2D eigenvalue weighted by molar-refractivity contribution is 9.10. The molecule has 1 aromatic carbocycles. The van der Waals surface area contributed by atoms with Crippen molar-refractivity contribution in [1.82, 2.24) is 9.55 Å². The smallest absolute Gasteiger partial charge is 0.336 e. The van der Waals surface area contributed by atoms with Crippen LogP contribution in [0, 0.1) is 0 Å². The Bertz CT molecular complexity index is 578. The van der Waals surface area contributed by atoms with Crippen LogP contribution in [0.3, 0.4) is 0 Å². The quantitative estimate of drug-likeness (QED) is 0.944. The maximum Gasteiger partial charge on any atom is 0.336 e. The number of rotatable bonds is 4. The number of aryl methyl sites for hydroxylation is 1. The van der Waals surface area contributed by atoms with E-state index in [4.69, 9.17) is 0 Å². The van der Waals surface area contributed by atoms with Gasteiger partial charge in [0.05, 0.1) is 5.56 Å². The van der Waals surface area contributed by atoms with E-state index < -0.39 is 5.97 Å². The molecule has 0 saturated heterocycles. The van der Waals surface area contributed by atoms with Gasteiger partial charge in [0.1, 0.15) is 5.82 Å². The minimum Gasteiger partial charge on any atom is -0.478 e. The van der Waals surface area contributed by atoms with Crippen LogP contribution in [0.25, 0.3) is 0 Å². The Morgan fingerprint density at radius 2 is 2.28 bits per heavy atom. The molecule has 94 valence electrons. The molecule has 0 bridgehead atoms. The predicted molar refractivity (Wildman–Crippen MR) is 71.8 cm³/mol. The van der Waals surface area contributed by atoms with Gasteiger partial charge in [-0.05, 0) is 24.6 Å². The molecule has 0 aliphatic rings. The van der Waals surface area contributed by atoms with E-state index in [2.05, 4.69) is 20.9 Å². The van der Waals surface area contributed by atoms with Gasteiger partial charge in [0, 0.05) is 29.8 Å². The van der Waals surface area contributed by atoms with Crippen LogP contribution in [0.1, 0.15) is 28.7 Å². The standard InChI is InChI=1S/C13H13BrN2O2/c1-2-16-6-5-15-12(16)7-9-3-4-10(14)8-11(9)13(17)18/h3-6,8H,2,7H2,1H3,(H,17,18). The lowest BCUT2D eigenvalue weighted by Crippen LogP contribution is -2.07. The number of carboxylic acid groups (broad SMARTS) is 1. The lowest BCUT2D eigenvalue weighted by molar-refractivity contribution is 0.0695. The van der Waals surface area contributed by atoms with E-state index in [0.29, 0.717) is 12.0 Å². The van der Waals surface area contributed by atoms with E-state index in [1.54, 1.807) is 12.3 Å². The molecule has 0 unspecified atom stereocenters. The van der Waals surface area contributed by atoms with Crippen molar-refractivity contribution in [3.05, 3.63) is 52.0 Å². The summed E-state index contributed by atoms with van der Waals surface area (Å²) in [6.07, 6.45) is 4.16. The van der Waals surface area contributed by atoms with Crippen molar-refractivity contribution < 1.29 is 9.90 Å². The fourth-order valence-electron chi connectivity index (χ4n) is 1.87. The number of hydrogen-bond donors (Lipinski definition) is 1. The second-order valence-electron chi connectivity index (χ2n) is 3.91. The average molecular weight is 309 g/mol. The Morgan fingerprint density at radius 3 is 2.94 bits per heavy atom. The summed E-state index contributed by atoms with van der Waals surface area (Å²) in [5.41, 5.74) is 1.08. The molecular formula is C13H13BrN2O2. The van der Waals surface area contributed by atoms with Gasteiger partial charge in [-0.1, -0.05) is 22.0 Å². The lowest BCUT2D eigenvalue weighted by Gasteiger charge is -2.08. The van der Waals surface area contributed by atoms with Crippen molar-refractivity contribution in [3.63, 3.8) is 0 Å². The summed E-state index contributed by atoms with van der Waals surface area (Å²) in [6.45, 7) is 2.86. The Morgan fingerprint density at radius 1 is 1.50 bits per heavy atom. The van der Waals surface area contributed by atoms with E-state index in [1.165, 1.54) is 0 Å². The zero-order valence-corrected chi connectivity index (χ0v) is 11.5. The first-order valence-corrected chi connectivity index (χ1v) is 6.43. The van der Waals surface area contributed by atoms with Gasteiger partial charge in [-0.2, -0.15) is 0 Å². The number of aromatic carboxylic acids is 1. The third-order valence-electron chi connectivity index (χ3n) is 2.79. The molecule has 2 rings (SSSR count). The topological polar surface area (TPSA) is 55.1 Å². The molecule has 0 radical (unpaired) electrons. The highest BCUT2D eigenvalue weighted by Gasteiger charge is 2.13. The summed E-state index contributed by atoms with van der Waals surface area (Å²) in [4.78, 5) is 15.5. The maximum absolute atomic E-state index is 11.2. The van der Waals surface area contributed by atoms with Gasteiger partial charge >= 0.3 is 5.97 Å². The number of carbonyl (C=O) groups is 1.